The van der Waals surface area contributed by atoms with Crippen molar-refractivity contribution in [1.82, 2.24) is 10.3 Å². The number of aromatic nitrogens is 1. The first-order chi connectivity index (χ1) is 9.10. The lowest BCUT2D eigenvalue weighted by Crippen LogP contribution is -2.18. The van der Waals surface area contributed by atoms with Crippen LogP contribution in [0, 0.1) is 5.82 Å². The third-order valence-electron chi connectivity index (χ3n) is 2.95. The van der Waals surface area contributed by atoms with Crippen molar-refractivity contribution in [3.05, 3.63) is 50.1 Å². The second-order valence-corrected chi connectivity index (χ2v) is 6.40. The SMILES string of the molecule is CCc1cnc(CNC(C)c2ccc(F)c(Br)c2)s1. The molecular formula is C14H16BrFN2S. The van der Waals surface area contributed by atoms with E-state index in [1.54, 1.807) is 17.4 Å². The van der Waals surface area contributed by atoms with Crippen molar-refractivity contribution in [1.29, 1.82) is 0 Å². The van der Waals surface area contributed by atoms with Crippen LogP contribution in [-0.2, 0) is 13.0 Å². The van der Waals surface area contributed by atoms with Crippen LogP contribution in [0.3, 0.4) is 0 Å². The lowest BCUT2D eigenvalue weighted by atomic mass is 10.1. The quantitative estimate of drug-likeness (QED) is 0.867. The van der Waals surface area contributed by atoms with Gasteiger partial charge in [-0.25, -0.2) is 9.37 Å². The highest BCUT2D eigenvalue weighted by molar-refractivity contribution is 9.10. The standard InChI is InChI=1S/C14H16BrFN2S/c1-3-11-7-18-14(19-11)8-17-9(2)10-4-5-13(16)12(15)6-10/h4-7,9,17H,3,8H2,1-2H3. The summed E-state index contributed by atoms with van der Waals surface area (Å²) in [6.45, 7) is 4.93. The second kappa shape index (κ2) is 6.59. The Morgan fingerprint density at radius 2 is 2.26 bits per heavy atom. The monoisotopic (exact) mass is 342 g/mol. The van der Waals surface area contributed by atoms with Crippen molar-refractivity contribution in [3.8, 4) is 0 Å². The minimum absolute atomic E-state index is 0.158. The van der Waals surface area contributed by atoms with E-state index < -0.39 is 0 Å². The molecule has 2 aromatic rings. The molecule has 0 fully saturated rings. The van der Waals surface area contributed by atoms with Gasteiger partial charge in [0.25, 0.3) is 0 Å². The molecular weight excluding hydrogens is 327 g/mol. The molecule has 2 nitrogen and oxygen atoms in total. The van der Waals surface area contributed by atoms with Crippen molar-refractivity contribution in [2.75, 3.05) is 0 Å². The average Bonchev–Trinajstić information content (AvgIpc) is 2.87. The van der Waals surface area contributed by atoms with Crippen LogP contribution in [0.15, 0.2) is 28.9 Å². The number of rotatable bonds is 5. The molecule has 1 heterocycles. The summed E-state index contributed by atoms with van der Waals surface area (Å²) < 4.78 is 13.7. The van der Waals surface area contributed by atoms with Gasteiger partial charge >= 0.3 is 0 Å². The Morgan fingerprint density at radius 3 is 2.89 bits per heavy atom. The first-order valence-electron chi connectivity index (χ1n) is 6.22. The molecule has 2 rings (SSSR count). The van der Waals surface area contributed by atoms with E-state index in [9.17, 15) is 4.39 Å². The maximum atomic E-state index is 13.2. The summed E-state index contributed by atoms with van der Waals surface area (Å²) in [5.74, 6) is -0.233. The number of halogens is 2. The summed E-state index contributed by atoms with van der Waals surface area (Å²) in [5.41, 5.74) is 1.06. The topological polar surface area (TPSA) is 24.9 Å². The van der Waals surface area contributed by atoms with E-state index in [0.29, 0.717) is 4.47 Å². The van der Waals surface area contributed by atoms with E-state index in [-0.39, 0.29) is 11.9 Å². The third-order valence-corrected chi connectivity index (χ3v) is 4.70. The number of thiazole rings is 1. The zero-order chi connectivity index (χ0) is 13.8. The lowest BCUT2D eigenvalue weighted by Gasteiger charge is -2.13. The molecule has 0 aliphatic carbocycles. The molecule has 0 saturated carbocycles. The molecule has 102 valence electrons. The molecule has 0 radical (unpaired) electrons. The molecule has 1 N–H and O–H groups in total. The van der Waals surface area contributed by atoms with Gasteiger partial charge in [0.1, 0.15) is 10.8 Å². The van der Waals surface area contributed by atoms with Crippen LogP contribution in [0.2, 0.25) is 0 Å². The summed E-state index contributed by atoms with van der Waals surface area (Å²) >= 11 is 4.94. The normalized spacial score (nSPS) is 12.6. The maximum Gasteiger partial charge on any atom is 0.137 e. The summed E-state index contributed by atoms with van der Waals surface area (Å²) in [7, 11) is 0. The maximum absolute atomic E-state index is 13.2. The Labute approximate surface area is 125 Å². The third kappa shape index (κ3) is 3.84. The van der Waals surface area contributed by atoms with Crippen molar-refractivity contribution in [2.24, 2.45) is 0 Å². The van der Waals surface area contributed by atoms with E-state index in [0.717, 1.165) is 23.5 Å². The van der Waals surface area contributed by atoms with Gasteiger partial charge in [-0.15, -0.1) is 11.3 Å². The summed E-state index contributed by atoms with van der Waals surface area (Å²) in [5, 5.41) is 4.49. The van der Waals surface area contributed by atoms with Gasteiger partial charge in [-0.1, -0.05) is 13.0 Å². The van der Waals surface area contributed by atoms with Crippen molar-refractivity contribution in [2.45, 2.75) is 32.9 Å². The smallest absolute Gasteiger partial charge is 0.137 e. The molecule has 0 saturated heterocycles. The van der Waals surface area contributed by atoms with Crippen LogP contribution in [-0.4, -0.2) is 4.98 Å². The summed E-state index contributed by atoms with van der Waals surface area (Å²) in [4.78, 5) is 5.67. The Bertz CT molecular complexity index is 556. The predicted octanol–water partition coefficient (Wildman–Crippen LogP) is 4.46. The number of hydrogen-bond acceptors (Lipinski definition) is 3. The molecule has 1 aromatic carbocycles. The molecule has 1 aromatic heterocycles. The number of benzene rings is 1. The van der Waals surface area contributed by atoms with Gasteiger partial charge in [-0.05, 0) is 47.0 Å². The molecule has 0 amide bonds. The van der Waals surface area contributed by atoms with E-state index >= 15 is 0 Å². The van der Waals surface area contributed by atoms with Crippen molar-refractivity contribution < 1.29 is 4.39 Å². The minimum Gasteiger partial charge on any atom is -0.304 e. The fourth-order valence-electron chi connectivity index (χ4n) is 1.73. The molecule has 0 spiro atoms. The van der Waals surface area contributed by atoms with E-state index in [1.807, 2.05) is 12.3 Å². The first-order valence-corrected chi connectivity index (χ1v) is 7.83. The molecule has 1 atom stereocenters. The Morgan fingerprint density at radius 1 is 1.47 bits per heavy atom. The molecule has 0 aliphatic rings. The van der Waals surface area contributed by atoms with Gasteiger partial charge in [-0.2, -0.15) is 0 Å². The zero-order valence-electron chi connectivity index (χ0n) is 10.9. The number of hydrogen-bond donors (Lipinski definition) is 1. The van der Waals surface area contributed by atoms with Crippen LogP contribution in [0.1, 0.15) is 35.3 Å². The molecule has 5 heteroatoms. The van der Waals surface area contributed by atoms with Crippen LogP contribution in [0.4, 0.5) is 4.39 Å². The number of nitrogens with zero attached hydrogens (tertiary/aromatic N) is 1. The molecule has 19 heavy (non-hydrogen) atoms. The minimum atomic E-state index is -0.233. The first kappa shape index (κ1) is 14.6. The van der Waals surface area contributed by atoms with Gasteiger partial charge in [0.05, 0.1) is 4.47 Å². The fraction of sp³-hybridized carbons (Fsp3) is 0.357. The van der Waals surface area contributed by atoms with Crippen LogP contribution in [0.5, 0.6) is 0 Å². The van der Waals surface area contributed by atoms with E-state index in [4.69, 9.17) is 0 Å². The van der Waals surface area contributed by atoms with Crippen molar-refractivity contribution >= 4 is 27.3 Å². The van der Waals surface area contributed by atoms with E-state index in [2.05, 4.69) is 40.1 Å². The highest BCUT2D eigenvalue weighted by Crippen LogP contribution is 2.22. The molecule has 0 aliphatic heterocycles. The lowest BCUT2D eigenvalue weighted by molar-refractivity contribution is 0.568. The predicted molar refractivity (Wildman–Crippen MR) is 80.8 cm³/mol. The molecule has 1 unspecified atom stereocenters. The summed E-state index contributed by atoms with van der Waals surface area (Å²) in [6.07, 6.45) is 2.96. The largest absolute Gasteiger partial charge is 0.304 e. The van der Waals surface area contributed by atoms with Gasteiger partial charge in [0, 0.05) is 23.7 Å². The Balaban J connectivity index is 1.96. The van der Waals surface area contributed by atoms with Crippen LogP contribution < -0.4 is 5.32 Å². The number of aryl methyl sites for hydroxylation is 1. The highest BCUT2D eigenvalue weighted by atomic mass is 79.9. The Hall–Kier alpha value is -0.780. The highest BCUT2D eigenvalue weighted by Gasteiger charge is 2.09. The van der Waals surface area contributed by atoms with Crippen LogP contribution in [0.25, 0.3) is 0 Å². The Kier molecular flexibility index (Phi) is 5.07. The number of nitrogens with one attached hydrogen (secondary N) is 1. The van der Waals surface area contributed by atoms with Gasteiger partial charge in [0.2, 0.25) is 0 Å². The summed E-state index contributed by atoms with van der Waals surface area (Å²) in [6, 6.07) is 5.26. The van der Waals surface area contributed by atoms with Crippen molar-refractivity contribution in [3.63, 3.8) is 0 Å². The van der Waals surface area contributed by atoms with Gasteiger partial charge in [-0.3, -0.25) is 0 Å². The van der Waals surface area contributed by atoms with Gasteiger partial charge in [0.15, 0.2) is 0 Å². The molecule has 0 bridgehead atoms. The van der Waals surface area contributed by atoms with Gasteiger partial charge < -0.3 is 5.32 Å². The average molecular weight is 343 g/mol. The second-order valence-electron chi connectivity index (χ2n) is 4.35. The zero-order valence-corrected chi connectivity index (χ0v) is 13.3. The van der Waals surface area contributed by atoms with E-state index in [1.165, 1.54) is 10.9 Å². The fourth-order valence-corrected chi connectivity index (χ4v) is 2.94. The van der Waals surface area contributed by atoms with Crippen LogP contribution >= 0.6 is 27.3 Å².